The van der Waals surface area contributed by atoms with Crippen LogP contribution in [0.2, 0.25) is 5.02 Å². The number of carbonyl (C=O) groups is 2. The van der Waals surface area contributed by atoms with E-state index in [2.05, 4.69) is 5.32 Å². The minimum absolute atomic E-state index is 0.0840. The molecule has 0 fully saturated rings. The van der Waals surface area contributed by atoms with Crippen molar-refractivity contribution in [3.05, 3.63) is 58.6 Å². The number of amides is 1. The first kappa shape index (κ1) is 18.8. The van der Waals surface area contributed by atoms with E-state index in [4.69, 9.17) is 21.4 Å². The van der Waals surface area contributed by atoms with E-state index < -0.39 is 5.97 Å². The number of para-hydroxylation sites is 1. The third-order valence-electron chi connectivity index (χ3n) is 3.55. The van der Waals surface area contributed by atoms with Gasteiger partial charge < -0.3 is 15.2 Å². The Kier molecular flexibility index (Phi) is 6.83. The molecule has 0 heterocycles. The summed E-state index contributed by atoms with van der Waals surface area (Å²) >= 11 is 6.12. The molecule has 2 rings (SSSR count). The van der Waals surface area contributed by atoms with Gasteiger partial charge in [-0.3, -0.25) is 9.59 Å². The normalized spacial score (nSPS) is 10.3. The maximum atomic E-state index is 12.3. The molecule has 0 aliphatic heterocycles. The number of aryl methyl sites for hydroxylation is 1. The Labute approximate surface area is 151 Å². The molecule has 0 aromatic heterocycles. The van der Waals surface area contributed by atoms with Crippen molar-refractivity contribution in [2.75, 3.05) is 11.9 Å². The Morgan fingerprint density at radius 1 is 1.16 bits per heavy atom. The fourth-order valence-electron chi connectivity index (χ4n) is 2.38. The van der Waals surface area contributed by atoms with E-state index in [-0.39, 0.29) is 18.7 Å². The molecule has 0 radical (unpaired) electrons. The molecule has 1 amide bonds. The number of anilines is 1. The number of ether oxygens (including phenoxy) is 1. The highest BCUT2D eigenvalue weighted by atomic mass is 35.5. The number of carboxylic acids is 1. The lowest BCUT2D eigenvalue weighted by Gasteiger charge is -2.12. The fraction of sp³-hybridized carbons (Fsp3) is 0.263. The van der Waals surface area contributed by atoms with E-state index in [1.165, 1.54) is 0 Å². The Bertz CT molecular complexity index is 744. The van der Waals surface area contributed by atoms with E-state index in [0.29, 0.717) is 29.5 Å². The second-order valence-corrected chi connectivity index (χ2v) is 5.88. The van der Waals surface area contributed by atoms with Crippen LogP contribution < -0.4 is 10.1 Å². The summed E-state index contributed by atoms with van der Waals surface area (Å²) in [5.74, 6) is -0.476. The zero-order valence-electron chi connectivity index (χ0n) is 13.9. The van der Waals surface area contributed by atoms with Crippen molar-refractivity contribution in [3.8, 4) is 5.75 Å². The zero-order valence-corrected chi connectivity index (χ0v) is 14.7. The van der Waals surface area contributed by atoms with Gasteiger partial charge in [0.05, 0.1) is 18.1 Å². The molecule has 2 aromatic rings. The SMILES string of the molecule is CCOc1c(Cl)cccc1CC(=O)Nc1ccc(CCC(=O)O)cc1. The first-order chi connectivity index (χ1) is 12.0. The molecule has 132 valence electrons. The lowest BCUT2D eigenvalue weighted by atomic mass is 10.1. The minimum atomic E-state index is -0.830. The van der Waals surface area contributed by atoms with Gasteiger partial charge in [0.2, 0.25) is 5.91 Å². The number of hydrogen-bond donors (Lipinski definition) is 2. The topological polar surface area (TPSA) is 75.6 Å². The van der Waals surface area contributed by atoms with Crippen LogP contribution in [0, 0.1) is 0 Å². The van der Waals surface area contributed by atoms with Gasteiger partial charge in [-0.15, -0.1) is 0 Å². The summed E-state index contributed by atoms with van der Waals surface area (Å²) in [6.45, 7) is 2.33. The predicted molar refractivity (Wildman–Crippen MR) is 97.4 cm³/mol. The summed E-state index contributed by atoms with van der Waals surface area (Å²) in [5, 5.41) is 12.0. The van der Waals surface area contributed by atoms with Crippen molar-refractivity contribution >= 4 is 29.2 Å². The van der Waals surface area contributed by atoms with E-state index >= 15 is 0 Å². The summed E-state index contributed by atoms with van der Waals surface area (Å²) in [6, 6.07) is 12.5. The first-order valence-corrected chi connectivity index (χ1v) is 8.38. The molecule has 0 aliphatic carbocycles. The van der Waals surface area contributed by atoms with Crippen LogP contribution in [0.15, 0.2) is 42.5 Å². The van der Waals surface area contributed by atoms with Gasteiger partial charge in [-0.1, -0.05) is 35.9 Å². The van der Waals surface area contributed by atoms with Crippen LogP contribution in [-0.2, 0) is 22.4 Å². The molecule has 0 atom stereocenters. The Morgan fingerprint density at radius 3 is 2.52 bits per heavy atom. The number of nitrogens with one attached hydrogen (secondary N) is 1. The van der Waals surface area contributed by atoms with Crippen molar-refractivity contribution in [2.24, 2.45) is 0 Å². The second-order valence-electron chi connectivity index (χ2n) is 5.48. The number of carboxylic acid groups (broad SMARTS) is 1. The number of halogens is 1. The fourth-order valence-corrected chi connectivity index (χ4v) is 2.63. The number of carbonyl (C=O) groups excluding carboxylic acids is 1. The number of aliphatic carboxylic acids is 1. The molecule has 2 aromatic carbocycles. The van der Waals surface area contributed by atoms with Crippen LogP contribution in [0.1, 0.15) is 24.5 Å². The largest absolute Gasteiger partial charge is 0.492 e. The Hall–Kier alpha value is -2.53. The summed E-state index contributed by atoms with van der Waals surface area (Å²) in [7, 11) is 0. The molecule has 0 saturated heterocycles. The first-order valence-electron chi connectivity index (χ1n) is 8.00. The minimum Gasteiger partial charge on any atom is -0.492 e. The molecule has 0 spiro atoms. The average Bonchev–Trinajstić information content (AvgIpc) is 2.57. The molecule has 6 heteroatoms. The quantitative estimate of drug-likeness (QED) is 0.746. The van der Waals surface area contributed by atoms with Gasteiger partial charge >= 0.3 is 5.97 Å². The number of benzene rings is 2. The standard InChI is InChI=1S/C19H20ClNO4/c1-2-25-19-14(4-3-5-16(19)20)12-17(22)21-15-9-6-13(7-10-15)8-11-18(23)24/h3-7,9-10H,2,8,11-12H2,1H3,(H,21,22)(H,23,24). The van der Waals surface area contributed by atoms with E-state index in [1.807, 2.05) is 25.1 Å². The van der Waals surface area contributed by atoms with Crippen LogP contribution in [0.4, 0.5) is 5.69 Å². The van der Waals surface area contributed by atoms with Crippen LogP contribution in [0.3, 0.4) is 0 Å². The molecule has 2 N–H and O–H groups in total. The van der Waals surface area contributed by atoms with Gasteiger partial charge in [0.25, 0.3) is 0 Å². The van der Waals surface area contributed by atoms with Crippen molar-refractivity contribution in [2.45, 2.75) is 26.2 Å². The zero-order chi connectivity index (χ0) is 18.2. The highest BCUT2D eigenvalue weighted by Gasteiger charge is 2.12. The molecule has 0 aliphatic rings. The number of hydrogen-bond acceptors (Lipinski definition) is 3. The molecular formula is C19H20ClNO4. The van der Waals surface area contributed by atoms with E-state index in [9.17, 15) is 9.59 Å². The molecule has 5 nitrogen and oxygen atoms in total. The second kappa shape index (κ2) is 9.08. The smallest absolute Gasteiger partial charge is 0.303 e. The average molecular weight is 362 g/mol. The molecular weight excluding hydrogens is 342 g/mol. The monoisotopic (exact) mass is 361 g/mol. The van der Waals surface area contributed by atoms with Crippen LogP contribution in [0.5, 0.6) is 5.75 Å². The molecule has 0 bridgehead atoms. The highest BCUT2D eigenvalue weighted by molar-refractivity contribution is 6.32. The predicted octanol–water partition coefficient (Wildman–Crippen LogP) is 3.94. The third kappa shape index (κ3) is 5.80. The highest BCUT2D eigenvalue weighted by Crippen LogP contribution is 2.29. The molecule has 0 saturated carbocycles. The third-order valence-corrected chi connectivity index (χ3v) is 3.85. The Balaban J connectivity index is 1.98. The van der Waals surface area contributed by atoms with Gasteiger partial charge in [-0.2, -0.15) is 0 Å². The number of rotatable bonds is 8. The van der Waals surface area contributed by atoms with Crippen molar-refractivity contribution in [1.29, 1.82) is 0 Å². The molecule has 0 unspecified atom stereocenters. The van der Waals surface area contributed by atoms with Gasteiger partial charge in [-0.25, -0.2) is 0 Å². The van der Waals surface area contributed by atoms with Gasteiger partial charge in [-0.05, 0) is 37.1 Å². The Morgan fingerprint density at radius 2 is 1.88 bits per heavy atom. The van der Waals surface area contributed by atoms with Gasteiger partial charge in [0.1, 0.15) is 5.75 Å². The van der Waals surface area contributed by atoms with Crippen LogP contribution in [0.25, 0.3) is 0 Å². The van der Waals surface area contributed by atoms with E-state index in [1.54, 1.807) is 24.3 Å². The molecule has 25 heavy (non-hydrogen) atoms. The summed E-state index contributed by atoms with van der Waals surface area (Å²) in [6.07, 6.45) is 0.696. The summed E-state index contributed by atoms with van der Waals surface area (Å²) in [4.78, 5) is 22.8. The lowest BCUT2D eigenvalue weighted by molar-refractivity contribution is -0.137. The van der Waals surface area contributed by atoms with Gasteiger partial charge in [0.15, 0.2) is 0 Å². The van der Waals surface area contributed by atoms with Gasteiger partial charge in [0, 0.05) is 17.7 Å². The van der Waals surface area contributed by atoms with Crippen LogP contribution >= 0.6 is 11.6 Å². The maximum absolute atomic E-state index is 12.3. The van der Waals surface area contributed by atoms with Crippen molar-refractivity contribution in [1.82, 2.24) is 0 Å². The van der Waals surface area contributed by atoms with Crippen molar-refractivity contribution < 1.29 is 19.4 Å². The summed E-state index contributed by atoms with van der Waals surface area (Å²) < 4.78 is 5.52. The van der Waals surface area contributed by atoms with E-state index in [0.717, 1.165) is 11.1 Å². The maximum Gasteiger partial charge on any atom is 0.303 e. The summed E-state index contributed by atoms with van der Waals surface area (Å²) in [5.41, 5.74) is 2.29. The van der Waals surface area contributed by atoms with Crippen LogP contribution in [-0.4, -0.2) is 23.6 Å². The van der Waals surface area contributed by atoms with Crippen molar-refractivity contribution in [3.63, 3.8) is 0 Å². The lowest BCUT2D eigenvalue weighted by Crippen LogP contribution is -2.15.